The Bertz CT molecular complexity index is 1170. The molecule has 0 aliphatic carbocycles. The summed E-state index contributed by atoms with van der Waals surface area (Å²) < 4.78 is 1.74. The van der Waals surface area contributed by atoms with Gasteiger partial charge < -0.3 is 5.32 Å². The van der Waals surface area contributed by atoms with Crippen LogP contribution in [-0.4, -0.2) is 25.5 Å². The van der Waals surface area contributed by atoms with E-state index in [4.69, 9.17) is 11.6 Å². The van der Waals surface area contributed by atoms with Gasteiger partial charge in [0.1, 0.15) is 11.4 Å². The fraction of sp³-hybridized carbons (Fsp3) is 0.143. The first-order chi connectivity index (χ1) is 14.0. The van der Waals surface area contributed by atoms with Crippen LogP contribution in [0.4, 0.5) is 5.69 Å². The summed E-state index contributed by atoms with van der Waals surface area (Å²) in [4.78, 5) is 21.9. The number of aryl methyl sites for hydroxylation is 1. The van der Waals surface area contributed by atoms with Gasteiger partial charge in [-0.25, -0.2) is 4.98 Å². The van der Waals surface area contributed by atoms with E-state index < -0.39 is 0 Å². The number of benzene rings is 2. The third kappa shape index (κ3) is 4.41. The van der Waals surface area contributed by atoms with Crippen molar-refractivity contribution >= 4 is 40.7 Å². The molecule has 2 aromatic heterocycles. The molecule has 1 N–H and O–H groups in total. The molecule has 2 heterocycles. The van der Waals surface area contributed by atoms with Gasteiger partial charge in [-0.1, -0.05) is 35.5 Å². The smallest absolute Gasteiger partial charge is 0.253 e. The van der Waals surface area contributed by atoms with Crippen molar-refractivity contribution in [1.29, 1.82) is 0 Å². The predicted octanol–water partition coefficient (Wildman–Crippen LogP) is 4.73. The molecule has 6 nitrogen and oxygen atoms in total. The Morgan fingerprint density at radius 3 is 2.55 bits per heavy atom. The lowest BCUT2D eigenvalue weighted by Gasteiger charge is -2.10. The lowest BCUT2D eigenvalue weighted by molar-refractivity contribution is -0.115. The zero-order chi connectivity index (χ0) is 20.4. The highest BCUT2D eigenvalue weighted by Crippen LogP contribution is 2.31. The summed E-state index contributed by atoms with van der Waals surface area (Å²) >= 11 is 7.47. The highest BCUT2D eigenvalue weighted by Gasteiger charge is 2.13. The summed E-state index contributed by atoms with van der Waals surface area (Å²) in [7, 11) is 0. The zero-order valence-corrected chi connectivity index (χ0v) is 17.5. The van der Waals surface area contributed by atoms with E-state index >= 15 is 0 Å². The molecule has 0 spiro atoms. The van der Waals surface area contributed by atoms with E-state index in [9.17, 15) is 4.79 Å². The van der Waals surface area contributed by atoms with Crippen LogP contribution in [0.5, 0.6) is 0 Å². The van der Waals surface area contributed by atoms with E-state index in [1.54, 1.807) is 28.4 Å². The van der Waals surface area contributed by atoms with Crippen molar-refractivity contribution in [3.63, 3.8) is 0 Å². The number of carbonyl (C=O) groups excluding carboxylic acids is 1. The SMILES string of the molecule is Cc1nc2ncnn2c(Sc2ccc(NC(=O)Cc3ccc(Cl)cc3)cc2)c1C. The van der Waals surface area contributed by atoms with Gasteiger partial charge in [0.2, 0.25) is 5.91 Å². The first kappa shape index (κ1) is 19.4. The molecule has 29 heavy (non-hydrogen) atoms. The van der Waals surface area contributed by atoms with E-state index in [2.05, 4.69) is 20.4 Å². The average molecular weight is 424 g/mol. The normalized spacial score (nSPS) is 11.0. The van der Waals surface area contributed by atoms with E-state index in [0.29, 0.717) is 17.2 Å². The molecule has 0 aliphatic heterocycles. The second-order valence-electron chi connectivity index (χ2n) is 6.58. The van der Waals surface area contributed by atoms with E-state index in [-0.39, 0.29) is 5.91 Å². The number of hydrogen-bond acceptors (Lipinski definition) is 5. The molecule has 0 unspecified atom stereocenters. The number of carbonyl (C=O) groups is 1. The molecule has 4 rings (SSSR count). The van der Waals surface area contributed by atoms with Gasteiger partial charge in [0.25, 0.3) is 5.78 Å². The molecular weight excluding hydrogens is 406 g/mol. The van der Waals surface area contributed by atoms with Crippen molar-refractivity contribution in [2.45, 2.75) is 30.2 Å². The number of aromatic nitrogens is 4. The van der Waals surface area contributed by atoms with Gasteiger partial charge in [0.05, 0.1) is 6.42 Å². The predicted molar refractivity (Wildman–Crippen MR) is 115 cm³/mol. The summed E-state index contributed by atoms with van der Waals surface area (Å²) in [5.74, 6) is 0.513. The van der Waals surface area contributed by atoms with Crippen molar-refractivity contribution in [1.82, 2.24) is 19.6 Å². The van der Waals surface area contributed by atoms with Gasteiger partial charge >= 0.3 is 0 Å². The molecule has 1 amide bonds. The Kier molecular flexibility index (Phi) is 5.51. The maximum absolute atomic E-state index is 12.3. The minimum absolute atomic E-state index is 0.0716. The molecule has 0 fully saturated rings. The Morgan fingerprint density at radius 1 is 1.10 bits per heavy atom. The number of fused-ring (bicyclic) bond motifs is 1. The zero-order valence-electron chi connectivity index (χ0n) is 15.9. The Labute approximate surface area is 177 Å². The maximum Gasteiger partial charge on any atom is 0.253 e. The van der Waals surface area contributed by atoms with Gasteiger partial charge in [-0.05, 0) is 55.8 Å². The standard InChI is InChI=1S/C21H18ClN5OS/c1-13-14(2)25-21-23-12-24-27(21)20(13)29-18-9-7-17(8-10-18)26-19(28)11-15-3-5-16(22)6-4-15/h3-10,12H,11H2,1-2H3,(H,26,28). The number of anilines is 1. The molecule has 4 aromatic rings. The minimum atomic E-state index is -0.0716. The van der Waals surface area contributed by atoms with Crippen molar-refractivity contribution in [2.75, 3.05) is 5.32 Å². The third-order valence-electron chi connectivity index (χ3n) is 4.48. The lowest BCUT2D eigenvalue weighted by atomic mass is 10.1. The van der Waals surface area contributed by atoms with E-state index in [0.717, 1.165) is 32.4 Å². The number of halogens is 1. The Hall–Kier alpha value is -2.90. The Balaban J connectivity index is 1.46. The summed E-state index contributed by atoms with van der Waals surface area (Å²) in [6.07, 6.45) is 1.80. The third-order valence-corrected chi connectivity index (χ3v) is 5.92. The first-order valence-corrected chi connectivity index (χ1v) is 10.2. The van der Waals surface area contributed by atoms with Crippen LogP contribution >= 0.6 is 23.4 Å². The molecular formula is C21H18ClN5OS. The largest absolute Gasteiger partial charge is 0.326 e. The van der Waals surface area contributed by atoms with E-state index in [1.165, 1.54) is 6.33 Å². The molecule has 0 bridgehead atoms. The summed E-state index contributed by atoms with van der Waals surface area (Å²) in [6, 6.07) is 15.0. The average Bonchev–Trinajstić information content (AvgIpc) is 3.16. The van der Waals surface area contributed by atoms with Gasteiger partial charge in [-0.15, -0.1) is 0 Å². The molecule has 8 heteroatoms. The molecule has 146 valence electrons. The minimum Gasteiger partial charge on any atom is -0.326 e. The van der Waals surface area contributed by atoms with Crippen LogP contribution in [0.2, 0.25) is 5.02 Å². The summed E-state index contributed by atoms with van der Waals surface area (Å²) in [5, 5.41) is 8.83. The first-order valence-electron chi connectivity index (χ1n) is 8.99. The van der Waals surface area contributed by atoms with Crippen molar-refractivity contribution in [3.05, 3.63) is 76.7 Å². The van der Waals surface area contributed by atoms with Gasteiger partial charge in [0, 0.05) is 26.9 Å². The fourth-order valence-electron chi connectivity index (χ4n) is 2.83. The number of nitrogens with one attached hydrogen (secondary N) is 1. The number of nitrogens with zero attached hydrogens (tertiary/aromatic N) is 4. The number of hydrogen-bond donors (Lipinski definition) is 1. The monoisotopic (exact) mass is 423 g/mol. The van der Waals surface area contributed by atoms with Crippen molar-refractivity contribution in [3.8, 4) is 0 Å². The second-order valence-corrected chi connectivity index (χ2v) is 8.08. The van der Waals surface area contributed by atoms with Crippen LogP contribution in [0.1, 0.15) is 16.8 Å². The van der Waals surface area contributed by atoms with Crippen LogP contribution in [0.3, 0.4) is 0 Å². The van der Waals surface area contributed by atoms with Crippen LogP contribution in [-0.2, 0) is 11.2 Å². The van der Waals surface area contributed by atoms with Crippen LogP contribution in [0, 0.1) is 13.8 Å². The molecule has 0 aliphatic rings. The summed E-state index contributed by atoms with van der Waals surface area (Å²) in [5.41, 5.74) is 3.66. The van der Waals surface area contributed by atoms with Gasteiger partial charge in [-0.3, -0.25) is 4.79 Å². The number of rotatable bonds is 5. The fourth-order valence-corrected chi connectivity index (χ4v) is 3.97. The topological polar surface area (TPSA) is 72.2 Å². The van der Waals surface area contributed by atoms with Crippen LogP contribution in [0.15, 0.2) is 64.8 Å². The maximum atomic E-state index is 12.3. The van der Waals surface area contributed by atoms with Crippen molar-refractivity contribution in [2.24, 2.45) is 0 Å². The van der Waals surface area contributed by atoms with Crippen molar-refractivity contribution < 1.29 is 4.79 Å². The summed E-state index contributed by atoms with van der Waals surface area (Å²) in [6.45, 7) is 3.99. The molecule has 2 aromatic carbocycles. The molecule has 0 radical (unpaired) electrons. The molecule has 0 atom stereocenters. The van der Waals surface area contributed by atoms with Crippen LogP contribution < -0.4 is 5.32 Å². The van der Waals surface area contributed by atoms with Gasteiger partial charge in [-0.2, -0.15) is 14.6 Å². The Morgan fingerprint density at radius 2 is 1.83 bits per heavy atom. The lowest BCUT2D eigenvalue weighted by Crippen LogP contribution is -2.14. The van der Waals surface area contributed by atoms with Crippen LogP contribution in [0.25, 0.3) is 5.78 Å². The number of amides is 1. The highest BCUT2D eigenvalue weighted by molar-refractivity contribution is 7.99. The quantitative estimate of drug-likeness (QED) is 0.470. The molecule has 0 saturated carbocycles. The highest BCUT2D eigenvalue weighted by atomic mass is 35.5. The van der Waals surface area contributed by atoms with Gasteiger partial charge in [0.15, 0.2) is 0 Å². The molecule has 0 saturated heterocycles. The second kappa shape index (κ2) is 8.23. The van der Waals surface area contributed by atoms with E-state index in [1.807, 2.05) is 50.2 Å².